The van der Waals surface area contributed by atoms with Gasteiger partial charge in [0.25, 0.3) is 0 Å². The molecule has 8 aliphatic rings. The van der Waals surface area contributed by atoms with Crippen molar-refractivity contribution < 1.29 is 28.6 Å². The Kier molecular flexibility index (Phi) is 17.4. The molecule has 2 amide bonds. The lowest BCUT2D eigenvalue weighted by Crippen LogP contribution is -2.44. The minimum atomic E-state index is -0.545. The van der Waals surface area contributed by atoms with Gasteiger partial charge in [-0.3, -0.25) is 19.4 Å². The number of ether oxygens (including phenoxy) is 3. The monoisotopic (exact) mass is 1240 g/mol. The fraction of sp³-hybridized carbons (Fsp3) is 0.493. The van der Waals surface area contributed by atoms with Gasteiger partial charge in [-0.25, -0.2) is 4.79 Å². The van der Waals surface area contributed by atoms with Gasteiger partial charge in [-0.1, -0.05) is 78.3 Å². The lowest BCUT2D eigenvalue weighted by atomic mass is 9.95. The maximum absolute atomic E-state index is 13.0. The highest BCUT2D eigenvalue weighted by molar-refractivity contribution is 6.37. The molecule has 89 heavy (non-hydrogen) atoms. The maximum atomic E-state index is 13.0. The molecule has 0 N–H and O–H groups in total. The Morgan fingerprint density at radius 3 is 1.60 bits per heavy atom. The highest BCUT2D eigenvalue weighted by Crippen LogP contribution is 2.44. The van der Waals surface area contributed by atoms with Crippen LogP contribution >= 0.6 is 23.2 Å². The zero-order valence-electron chi connectivity index (χ0n) is 51.8. The highest BCUT2D eigenvalue weighted by Gasteiger charge is 2.47. The van der Waals surface area contributed by atoms with Gasteiger partial charge in [0.1, 0.15) is 24.8 Å². The number of halogens is 2. The standard InChI is InChI=1S/C36H43ClN6O4.C33H39ClN6O2/c1-24-20-26(21-43(24)31(44)12-13-32(45)46-3)40(2)34-27-14-19-41(30-11-5-9-25-8-4-10-28(37)33(25)30)22-29(27)38-35(39-34)47-23-36-15-6-17-42(36)18-7-16-36;1-3-29(41)39-18-12-24(20-39)37(2)31-25-13-19-38(28-11-5-9-23-8-4-10-26(34)30(23)28)21-27(25)35-32(36-31)42-22-33-14-6-16-40(33)17-7-15-33/h4-5,8-13,24,26H,6-7,14-23H2,1-3H3;3-5,8-11,24H,1,6-7,12-22H2,2H3/b13-12+;. The molecule has 4 aromatic carbocycles. The summed E-state index contributed by atoms with van der Waals surface area (Å²) in [6.45, 7) is 16.3. The zero-order chi connectivity index (χ0) is 61.6. The fourth-order valence-electron chi connectivity index (χ4n) is 15.9. The smallest absolute Gasteiger partial charge is 0.330 e. The summed E-state index contributed by atoms with van der Waals surface area (Å²) < 4.78 is 17.7. The van der Waals surface area contributed by atoms with Crippen LogP contribution in [0.4, 0.5) is 23.0 Å². The van der Waals surface area contributed by atoms with E-state index >= 15 is 0 Å². The molecule has 0 bridgehead atoms. The number of anilines is 4. The number of benzene rings is 4. The van der Waals surface area contributed by atoms with Gasteiger partial charge in [0.2, 0.25) is 11.8 Å². The third-order valence-corrected chi connectivity index (χ3v) is 21.4. The number of rotatable bonds is 15. The van der Waals surface area contributed by atoms with Crippen molar-refractivity contribution >= 4 is 85.5 Å². The summed E-state index contributed by atoms with van der Waals surface area (Å²) in [5, 5.41) is 5.88. The molecule has 20 heteroatoms. The lowest BCUT2D eigenvalue weighted by molar-refractivity contribution is -0.135. The number of hydrogen-bond donors (Lipinski definition) is 0. The van der Waals surface area contributed by atoms with E-state index in [9.17, 15) is 14.4 Å². The third-order valence-electron chi connectivity index (χ3n) is 20.8. The van der Waals surface area contributed by atoms with Crippen molar-refractivity contribution in [2.45, 2.75) is 126 Å². The summed E-state index contributed by atoms with van der Waals surface area (Å²) in [5.74, 6) is 1.03. The van der Waals surface area contributed by atoms with Crippen LogP contribution in [0.2, 0.25) is 10.0 Å². The average molecular weight is 1250 g/mol. The number of esters is 1. The van der Waals surface area contributed by atoms with E-state index in [1.807, 2.05) is 41.0 Å². The predicted molar refractivity (Wildman–Crippen MR) is 351 cm³/mol. The molecular formula is C69H82Cl2N12O6. The Hall–Kier alpha value is -7.25. The number of fused-ring (bicyclic) bond motifs is 6. The van der Waals surface area contributed by atoms with Crippen LogP contribution in [0.5, 0.6) is 12.0 Å². The number of methoxy groups -OCH3 is 1. The Morgan fingerprint density at radius 2 is 1.11 bits per heavy atom. The van der Waals surface area contributed by atoms with E-state index in [1.54, 1.807) is 0 Å². The van der Waals surface area contributed by atoms with E-state index in [1.165, 1.54) is 69.4 Å². The zero-order valence-corrected chi connectivity index (χ0v) is 53.4. The van der Waals surface area contributed by atoms with Gasteiger partial charge >= 0.3 is 18.0 Å². The number of hydrogen-bond acceptors (Lipinski definition) is 16. The molecule has 0 spiro atoms. The molecule has 468 valence electrons. The van der Waals surface area contributed by atoms with Crippen molar-refractivity contribution in [1.29, 1.82) is 0 Å². The molecule has 6 saturated heterocycles. The van der Waals surface area contributed by atoms with Crippen LogP contribution in [0.25, 0.3) is 21.5 Å². The molecule has 3 unspecified atom stereocenters. The molecule has 18 nitrogen and oxygen atoms in total. The van der Waals surface area contributed by atoms with Crippen LogP contribution in [0.1, 0.15) is 93.6 Å². The summed E-state index contributed by atoms with van der Waals surface area (Å²) in [7, 11) is 5.46. The fourth-order valence-corrected chi connectivity index (χ4v) is 16.5. The third kappa shape index (κ3) is 11.9. The summed E-state index contributed by atoms with van der Waals surface area (Å²) >= 11 is 13.5. The summed E-state index contributed by atoms with van der Waals surface area (Å²) in [5.41, 5.74) is 6.67. The Morgan fingerprint density at radius 1 is 0.629 bits per heavy atom. The maximum Gasteiger partial charge on any atom is 0.330 e. The van der Waals surface area contributed by atoms with Crippen molar-refractivity contribution in [3.8, 4) is 12.0 Å². The van der Waals surface area contributed by atoms with E-state index in [4.69, 9.17) is 52.6 Å². The first kappa shape index (κ1) is 60.6. The normalized spacial score (nSPS) is 21.8. The molecule has 14 rings (SSSR count). The van der Waals surface area contributed by atoms with Gasteiger partial charge in [0.15, 0.2) is 0 Å². The first-order chi connectivity index (χ1) is 43.2. The van der Waals surface area contributed by atoms with Gasteiger partial charge in [-0.05, 0) is 151 Å². The molecule has 8 aliphatic heterocycles. The summed E-state index contributed by atoms with van der Waals surface area (Å²) in [6.07, 6.45) is 16.6. The molecule has 0 radical (unpaired) electrons. The van der Waals surface area contributed by atoms with Crippen molar-refractivity contribution in [2.24, 2.45) is 0 Å². The molecular weight excluding hydrogens is 1160 g/mol. The summed E-state index contributed by atoms with van der Waals surface area (Å²) in [6, 6.07) is 25.9. The van der Waals surface area contributed by atoms with Crippen molar-refractivity contribution in [3.05, 3.63) is 130 Å². The van der Waals surface area contributed by atoms with E-state index in [0.29, 0.717) is 51.4 Å². The highest BCUT2D eigenvalue weighted by atomic mass is 35.5. The second kappa shape index (κ2) is 25.6. The van der Waals surface area contributed by atoms with Gasteiger partial charge in [0.05, 0.1) is 52.7 Å². The average Bonchev–Trinajstić information content (AvgIpc) is 1.35. The van der Waals surface area contributed by atoms with Gasteiger partial charge in [0, 0.05) is 110 Å². The van der Waals surface area contributed by atoms with Gasteiger partial charge < -0.3 is 43.6 Å². The van der Waals surface area contributed by atoms with Crippen LogP contribution in [-0.2, 0) is 45.1 Å². The number of likely N-dealkylation sites (tertiary alicyclic amines) is 2. The number of nitrogens with zero attached hydrogens (tertiary/aromatic N) is 12. The number of amides is 2. The van der Waals surface area contributed by atoms with Crippen LogP contribution in [0.3, 0.4) is 0 Å². The molecule has 6 aromatic rings. The molecule has 0 saturated carbocycles. The van der Waals surface area contributed by atoms with Gasteiger partial charge in [-0.2, -0.15) is 19.9 Å². The first-order valence-corrected chi connectivity index (χ1v) is 32.8. The second-order valence-corrected chi connectivity index (χ2v) is 26.6. The first-order valence-electron chi connectivity index (χ1n) is 32.1. The molecule has 10 heterocycles. The molecule has 2 aromatic heterocycles. The minimum absolute atomic E-state index is 0.00653. The van der Waals surface area contributed by atoms with Crippen molar-refractivity contribution in [3.63, 3.8) is 0 Å². The van der Waals surface area contributed by atoms with Crippen molar-refractivity contribution in [1.82, 2.24) is 39.5 Å². The Balaban J connectivity index is 0.000000165. The van der Waals surface area contributed by atoms with Crippen molar-refractivity contribution in [2.75, 3.05) is 113 Å². The summed E-state index contributed by atoms with van der Waals surface area (Å²) in [4.78, 5) is 75.3. The van der Waals surface area contributed by atoms with E-state index in [2.05, 4.69) is 103 Å². The lowest BCUT2D eigenvalue weighted by Gasteiger charge is -2.35. The topological polar surface area (TPSA) is 156 Å². The second-order valence-electron chi connectivity index (χ2n) is 25.7. The van der Waals surface area contributed by atoms with E-state index in [0.717, 1.165) is 156 Å². The number of likely N-dealkylation sites (N-methyl/N-ethyl adjacent to an activating group) is 2. The van der Waals surface area contributed by atoms with Gasteiger partial charge in [-0.15, -0.1) is 0 Å². The predicted octanol–water partition coefficient (Wildman–Crippen LogP) is 10.1. The Bertz CT molecular complexity index is 3690. The van der Waals surface area contributed by atoms with Crippen LogP contribution in [0, 0.1) is 0 Å². The molecule has 6 fully saturated rings. The largest absolute Gasteiger partial charge is 0.466 e. The van der Waals surface area contributed by atoms with Crippen LogP contribution in [-0.4, -0.2) is 180 Å². The van der Waals surface area contributed by atoms with E-state index < -0.39 is 5.97 Å². The number of aromatic nitrogens is 4. The minimum Gasteiger partial charge on any atom is -0.466 e. The van der Waals surface area contributed by atoms with E-state index in [-0.39, 0.29) is 41.0 Å². The number of carbonyl (C=O) groups excluding carboxylic acids is 3. The molecule has 0 aliphatic carbocycles. The molecule has 3 atom stereocenters. The van der Waals surface area contributed by atoms with Crippen LogP contribution < -0.4 is 29.1 Å². The SMILES string of the molecule is C=CC(=O)N1CCC(N(C)c2nc(OCC34CCCN3CCC4)nc3c2CCN(c2cccc4cccc(Cl)c24)C3)C1.COC(=O)/C=C/C(=O)N1CC(N(C)c2nc(OCC34CCCN3CCC4)nc3c2CCN(c2cccc4cccc(Cl)c24)C3)CC1C. The van der Waals surface area contributed by atoms with Crippen LogP contribution in [0.15, 0.2) is 97.6 Å². The Labute approximate surface area is 532 Å². The number of carbonyl (C=O) groups is 3. The quantitative estimate of drug-likeness (QED) is 0.0706.